The van der Waals surface area contributed by atoms with Gasteiger partial charge in [0.2, 0.25) is 0 Å². The van der Waals surface area contributed by atoms with Crippen molar-refractivity contribution < 1.29 is 32.4 Å². The topological polar surface area (TPSA) is 116 Å². The van der Waals surface area contributed by atoms with Crippen molar-refractivity contribution in [3.63, 3.8) is 0 Å². The van der Waals surface area contributed by atoms with Crippen LogP contribution in [0.5, 0.6) is 0 Å². The molecule has 0 aliphatic heterocycles. The molecule has 0 aliphatic carbocycles. The second kappa shape index (κ2) is 5.83. The Morgan fingerprint density at radius 3 is 1.81 bits per heavy atom. The fraction of sp³-hybridized carbons (Fsp3) is 0. The predicted molar refractivity (Wildman–Crippen MR) is 48.4 cm³/mol. The molecule has 1 rings (SSSR count). The van der Waals surface area contributed by atoms with Crippen LogP contribution in [-0.4, -0.2) is 14.7 Å². The van der Waals surface area contributed by atoms with Crippen molar-refractivity contribution in [3.8, 4) is 0 Å². The third-order valence-electron chi connectivity index (χ3n) is 1.17. The van der Waals surface area contributed by atoms with Crippen LogP contribution in [0.3, 0.4) is 0 Å². The molecule has 0 aromatic heterocycles. The Balaban J connectivity index is 0.000000385. The number of nitrogens with two attached hydrogens (primary N) is 1. The minimum atomic E-state index is -4.64. The molecule has 92 valence electrons. The molecule has 0 heterocycles. The Morgan fingerprint density at radius 1 is 1.06 bits per heavy atom. The highest BCUT2D eigenvalue weighted by Gasteiger charge is 2.07. The lowest BCUT2D eigenvalue weighted by atomic mass is 10.3. The monoisotopic (exact) mass is 260 g/mol. The van der Waals surface area contributed by atoms with E-state index in [0.29, 0.717) is 12.1 Å². The first-order valence-corrected chi connectivity index (χ1v) is 5.11. The fourth-order valence-corrected chi connectivity index (χ4v) is 0.633. The summed E-state index contributed by atoms with van der Waals surface area (Å²) >= 11 is 0. The number of benzene rings is 1. The van der Waals surface area contributed by atoms with Gasteiger partial charge in [0.05, 0.1) is 5.69 Å². The Hall–Kier alpha value is -1.12. The number of halogens is 3. The molecule has 0 fully saturated rings. The van der Waals surface area contributed by atoms with Crippen LogP contribution in [0.4, 0.5) is 18.9 Å². The molecule has 0 saturated heterocycles. The van der Waals surface area contributed by atoms with E-state index in [1.54, 1.807) is 0 Å². The van der Waals surface area contributed by atoms with Crippen molar-refractivity contribution in [2.75, 3.05) is 5.43 Å². The van der Waals surface area contributed by atoms with Crippen molar-refractivity contribution in [3.05, 3.63) is 29.6 Å². The van der Waals surface area contributed by atoms with Gasteiger partial charge in [-0.2, -0.15) is 0 Å². The molecule has 10 heteroatoms. The molecule has 1 aromatic rings. The van der Waals surface area contributed by atoms with Gasteiger partial charge in [-0.25, -0.2) is 17.7 Å². The average Bonchev–Trinajstić information content (AvgIpc) is 2.08. The summed E-state index contributed by atoms with van der Waals surface area (Å²) in [6.07, 6.45) is 0. The van der Waals surface area contributed by atoms with Crippen LogP contribution in [0.1, 0.15) is 0 Å². The number of nitrogens with one attached hydrogen (secondary N) is 1. The number of hydrogen-bond acceptors (Lipinski definition) is 3. The minimum absolute atomic E-state index is 0.274. The van der Waals surface area contributed by atoms with Gasteiger partial charge in [-0.1, -0.05) is 0 Å². The van der Waals surface area contributed by atoms with Gasteiger partial charge in [0.1, 0.15) is 0 Å². The summed E-state index contributed by atoms with van der Waals surface area (Å²) in [6, 6.07) is 1.06. The highest BCUT2D eigenvalue weighted by atomic mass is 31.2. The summed E-state index contributed by atoms with van der Waals surface area (Å²) in [7, 11) is -4.64. The number of rotatable bonds is 1. The van der Waals surface area contributed by atoms with Crippen LogP contribution >= 0.6 is 7.82 Å². The summed E-state index contributed by atoms with van der Waals surface area (Å²) in [6.45, 7) is 0. The van der Waals surface area contributed by atoms with Crippen molar-refractivity contribution in [1.29, 1.82) is 0 Å². The molecule has 0 amide bonds. The molecule has 0 unspecified atom stereocenters. The van der Waals surface area contributed by atoms with E-state index in [-0.39, 0.29) is 5.69 Å². The van der Waals surface area contributed by atoms with Gasteiger partial charge in [-0.3, -0.25) is 5.84 Å². The molecule has 6 N–H and O–H groups in total. The number of hydrazine groups is 1. The van der Waals surface area contributed by atoms with E-state index in [1.165, 1.54) is 0 Å². The molecule has 1 aromatic carbocycles. The van der Waals surface area contributed by atoms with Crippen molar-refractivity contribution in [2.24, 2.45) is 5.84 Å². The summed E-state index contributed by atoms with van der Waals surface area (Å²) in [5, 5.41) is 0. The Bertz CT molecular complexity index is 403. The SMILES string of the molecule is NNc1cc(F)c(F)cc1F.O=P(O)(O)O. The third-order valence-corrected chi connectivity index (χ3v) is 1.17. The highest BCUT2D eigenvalue weighted by molar-refractivity contribution is 7.45. The minimum Gasteiger partial charge on any atom is -0.321 e. The van der Waals surface area contributed by atoms with E-state index >= 15 is 0 Å². The molecule has 6 nitrogen and oxygen atoms in total. The smallest absolute Gasteiger partial charge is 0.321 e. The van der Waals surface area contributed by atoms with Gasteiger partial charge in [0, 0.05) is 12.1 Å². The molecule has 0 saturated carbocycles. The number of anilines is 1. The fourth-order valence-electron chi connectivity index (χ4n) is 0.633. The Kier molecular flexibility index (Phi) is 5.42. The van der Waals surface area contributed by atoms with Crippen LogP contribution in [0.25, 0.3) is 0 Å². The number of hydrogen-bond donors (Lipinski definition) is 5. The summed E-state index contributed by atoms with van der Waals surface area (Å²) in [4.78, 5) is 21.6. The maximum atomic E-state index is 12.5. The van der Waals surface area contributed by atoms with Crippen LogP contribution in [0.15, 0.2) is 12.1 Å². The zero-order valence-corrected chi connectivity index (χ0v) is 8.46. The first kappa shape index (κ1) is 14.9. The van der Waals surface area contributed by atoms with Crippen LogP contribution in [-0.2, 0) is 4.57 Å². The van der Waals surface area contributed by atoms with Crippen LogP contribution in [0, 0.1) is 17.5 Å². The maximum absolute atomic E-state index is 12.5. The van der Waals surface area contributed by atoms with E-state index < -0.39 is 25.3 Å². The van der Waals surface area contributed by atoms with Gasteiger partial charge in [0.15, 0.2) is 17.5 Å². The standard InChI is InChI=1S/C6H5F3N2.H3O4P/c7-3-1-5(9)6(11-10)2-4(3)8;1-5(2,3)4/h1-2,11H,10H2;(H3,1,2,3,4). The molecule has 16 heavy (non-hydrogen) atoms. The zero-order valence-electron chi connectivity index (χ0n) is 7.56. The first-order chi connectivity index (χ1) is 7.15. The molecule has 0 bridgehead atoms. The summed E-state index contributed by atoms with van der Waals surface area (Å²) in [5.74, 6) is 1.49. The van der Waals surface area contributed by atoms with Crippen molar-refractivity contribution in [1.82, 2.24) is 0 Å². The summed E-state index contributed by atoms with van der Waals surface area (Å²) < 4.78 is 45.9. The molecular weight excluding hydrogens is 252 g/mol. The number of nitrogen functional groups attached to an aromatic ring is 1. The zero-order chi connectivity index (χ0) is 12.9. The van der Waals surface area contributed by atoms with Gasteiger partial charge in [-0.15, -0.1) is 0 Å². The second-order valence-electron chi connectivity index (χ2n) is 2.40. The average molecular weight is 260 g/mol. The van der Waals surface area contributed by atoms with Crippen LogP contribution in [0.2, 0.25) is 0 Å². The highest BCUT2D eigenvalue weighted by Crippen LogP contribution is 2.25. The first-order valence-electron chi connectivity index (χ1n) is 3.54. The van der Waals surface area contributed by atoms with E-state index in [2.05, 4.69) is 0 Å². The molecular formula is C6H8F3N2O4P. The van der Waals surface area contributed by atoms with Gasteiger partial charge in [0.25, 0.3) is 0 Å². The van der Waals surface area contributed by atoms with E-state index in [4.69, 9.17) is 25.1 Å². The lowest BCUT2D eigenvalue weighted by Gasteiger charge is -2.01. The van der Waals surface area contributed by atoms with Gasteiger partial charge >= 0.3 is 7.82 Å². The number of phosphoric acid groups is 1. The molecule has 0 atom stereocenters. The van der Waals surface area contributed by atoms with E-state index in [9.17, 15) is 13.2 Å². The van der Waals surface area contributed by atoms with Crippen molar-refractivity contribution >= 4 is 13.5 Å². The lowest BCUT2D eigenvalue weighted by molar-refractivity contribution is 0.275. The Labute approximate surface area is 87.7 Å². The van der Waals surface area contributed by atoms with Gasteiger partial charge in [-0.05, 0) is 0 Å². The summed E-state index contributed by atoms with van der Waals surface area (Å²) in [5.41, 5.74) is 1.61. The lowest BCUT2D eigenvalue weighted by Crippen LogP contribution is -2.09. The largest absolute Gasteiger partial charge is 0.466 e. The third kappa shape index (κ3) is 6.38. The van der Waals surface area contributed by atoms with Gasteiger partial charge < -0.3 is 20.1 Å². The Morgan fingerprint density at radius 2 is 1.44 bits per heavy atom. The maximum Gasteiger partial charge on any atom is 0.466 e. The normalized spacial score (nSPS) is 10.4. The van der Waals surface area contributed by atoms with Crippen molar-refractivity contribution in [2.45, 2.75) is 0 Å². The van der Waals surface area contributed by atoms with E-state index in [0.717, 1.165) is 0 Å². The second-order valence-corrected chi connectivity index (χ2v) is 3.43. The molecule has 0 aliphatic rings. The van der Waals surface area contributed by atoms with Crippen LogP contribution < -0.4 is 11.3 Å². The quantitative estimate of drug-likeness (QED) is 0.217. The van der Waals surface area contributed by atoms with E-state index in [1.807, 2.05) is 5.43 Å². The molecule has 0 spiro atoms. The molecule has 0 radical (unpaired) electrons. The predicted octanol–water partition coefficient (Wildman–Crippen LogP) is 0.461.